The average molecular weight is 327 g/mol. The van der Waals surface area contributed by atoms with Crippen molar-refractivity contribution < 1.29 is 19.4 Å². The third-order valence-electron chi connectivity index (χ3n) is 3.66. The Morgan fingerprint density at radius 3 is 2.42 bits per heavy atom. The van der Waals surface area contributed by atoms with Gasteiger partial charge in [-0.05, 0) is 30.2 Å². The van der Waals surface area contributed by atoms with E-state index < -0.39 is 5.97 Å². The molecule has 126 valence electrons. The maximum Gasteiger partial charge on any atom is 0.335 e. The summed E-state index contributed by atoms with van der Waals surface area (Å²) in [7, 11) is 1.72. The number of carbonyl (C=O) groups is 2. The number of carbonyl (C=O) groups excluding carboxylic acids is 1. The summed E-state index contributed by atoms with van der Waals surface area (Å²) in [4.78, 5) is 25.0. The molecule has 0 saturated carbocycles. The molecule has 0 aliphatic rings. The normalized spacial score (nSPS) is 10.2. The molecule has 0 spiro atoms. The van der Waals surface area contributed by atoms with Gasteiger partial charge in [0.1, 0.15) is 5.75 Å². The highest BCUT2D eigenvalue weighted by Gasteiger charge is 2.15. The Bertz CT molecular complexity index is 685. The number of carboxylic acid groups (broad SMARTS) is 1. The molecule has 5 nitrogen and oxygen atoms in total. The van der Waals surface area contributed by atoms with Gasteiger partial charge in [0, 0.05) is 13.6 Å². The molecule has 2 rings (SSSR count). The molecular weight excluding hydrogens is 306 g/mol. The number of amides is 1. The van der Waals surface area contributed by atoms with Gasteiger partial charge >= 0.3 is 5.97 Å². The van der Waals surface area contributed by atoms with Crippen LogP contribution in [0.1, 0.15) is 22.3 Å². The quantitative estimate of drug-likeness (QED) is 0.757. The lowest BCUT2D eigenvalue weighted by atomic mass is 10.0. The van der Waals surface area contributed by atoms with E-state index in [-0.39, 0.29) is 17.9 Å². The van der Waals surface area contributed by atoms with Crippen molar-refractivity contribution in [2.75, 3.05) is 20.2 Å². The van der Waals surface area contributed by atoms with E-state index in [1.54, 1.807) is 30.1 Å². The van der Waals surface area contributed by atoms with Gasteiger partial charge in [-0.2, -0.15) is 0 Å². The Morgan fingerprint density at radius 2 is 1.71 bits per heavy atom. The van der Waals surface area contributed by atoms with Crippen LogP contribution in [-0.4, -0.2) is 42.1 Å². The van der Waals surface area contributed by atoms with Gasteiger partial charge in [0.05, 0.1) is 18.6 Å². The molecule has 1 N–H and O–H groups in total. The van der Waals surface area contributed by atoms with E-state index in [4.69, 9.17) is 9.84 Å². The highest BCUT2D eigenvalue weighted by molar-refractivity contribution is 5.91. The molecule has 0 aliphatic heterocycles. The first-order valence-corrected chi connectivity index (χ1v) is 7.81. The summed E-state index contributed by atoms with van der Waals surface area (Å²) in [6.07, 6.45) is 0.788. The first kappa shape index (κ1) is 17.5. The Hall–Kier alpha value is -2.82. The van der Waals surface area contributed by atoms with E-state index >= 15 is 0 Å². The second-order valence-electron chi connectivity index (χ2n) is 5.47. The van der Waals surface area contributed by atoms with Crippen molar-refractivity contribution >= 4 is 11.9 Å². The number of hydrogen-bond donors (Lipinski definition) is 1. The third-order valence-corrected chi connectivity index (χ3v) is 3.66. The van der Waals surface area contributed by atoms with Crippen LogP contribution in [0, 0.1) is 0 Å². The number of rotatable bonds is 8. The van der Waals surface area contributed by atoms with Gasteiger partial charge in [-0.1, -0.05) is 36.4 Å². The number of carboxylic acids is 1. The number of ether oxygens (including phenoxy) is 1. The SMILES string of the molecule is CN(CCCOc1ccccc1)C(=O)Cc1ccccc1C(=O)O. The second-order valence-corrected chi connectivity index (χ2v) is 5.47. The minimum absolute atomic E-state index is 0.0819. The molecule has 0 unspecified atom stereocenters. The highest BCUT2D eigenvalue weighted by Crippen LogP contribution is 2.11. The maximum absolute atomic E-state index is 12.2. The summed E-state index contributed by atoms with van der Waals surface area (Å²) in [5, 5.41) is 9.16. The number of para-hydroxylation sites is 1. The highest BCUT2D eigenvalue weighted by atomic mass is 16.5. The van der Waals surface area contributed by atoms with Gasteiger partial charge in [-0.3, -0.25) is 4.79 Å². The van der Waals surface area contributed by atoms with Crippen molar-refractivity contribution in [3.8, 4) is 5.75 Å². The molecule has 0 aromatic heterocycles. The van der Waals surface area contributed by atoms with Crippen LogP contribution in [0.4, 0.5) is 0 Å². The topological polar surface area (TPSA) is 66.8 Å². The van der Waals surface area contributed by atoms with Crippen molar-refractivity contribution in [1.82, 2.24) is 4.90 Å². The average Bonchev–Trinajstić information content (AvgIpc) is 2.59. The van der Waals surface area contributed by atoms with Gasteiger partial charge in [-0.15, -0.1) is 0 Å². The summed E-state index contributed by atoms with van der Waals surface area (Å²) in [5.41, 5.74) is 0.703. The zero-order chi connectivity index (χ0) is 17.4. The minimum Gasteiger partial charge on any atom is -0.494 e. The standard InChI is InChI=1S/C19H21NO4/c1-20(12-7-13-24-16-9-3-2-4-10-16)18(21)14-15-8-5-6-11-17(15)19(22)23/h2-6,8-11H,7,12-14H2,1H3,(H,22,23). The summed E-state index contributed by atoms with van der Waals surface area (Å²) in [6, 6.07) is 16.1. The first-order valence-electron chi connectivity index (χ1n) is 7.81. The van der Waals surface area contributed by atoms with Crippen LogP contribution >= 0.6 is 0 Å². The fourth-order valence-electron chi connectivity index (χ4n) is 2.31. The van der Waals surface area contributed by atoms with Crippen molar-refractivity contribution in [2.24, 2.45) is 0 Å². The molecule has 0 atom stereocenters. The van der Waals surface area contributed by atoms with Gasteiger partial charge < -0.3 is 14.7 Å². The third kappa shape index (κ3) is 5.12. The van der Waals surface area contributed by atoms with Crippen molar-refractivity contribution in [2.45, 2.75) is 12.8 Å². The molecule has 0 bridgehead atoms. The second kappa shape index (κ2) is 8.72. The molecule has 1 amide bonds. The fraction of sp³-hybridized carbons (Fsp3) is 0.263. The monoisotopic (exact) mass is 327 g/mol. The van der Waals surface area contributed by atoms with Gasteiger partial charge in [0.15, 0.2) is 0 Å². The van der Waals surface area contributed by atoms with E-state index in [0.717, 1.165) is 5.75 Å². The maximum atomic E-state index is 12.2. The Labute approximate surface area is 141 Å². The van der Waals surface area contributed by atoms with Crippen LogP contribution in [0.15, 0.2) is 54.6 Å². The largest absolute Gasteiger partial charge is 0.494 e. The van der Waals surface area contributed by atoms with Crippen LogP contribution in [-0.2, 0) is 11.2 Å². The zero-order valence-corrected chi connectivity index (χ0v) is 13.6. The Morgan fingerprint density at radius 1 is 1.04 bits per heavy atom. The molecule has 0 radical (unpaired) electrons. The number of likely N-dealkylation sites (N-methyl/N-ethyl adjacent to an activating group) is 1. The van der Waals surface area contributed by atoms with Gasteiger partial charge in [0.25, 0.3) is 0 Å². The van der Waals surface area contributed by atoms with Crippen molar-refractivity contribution in [1.29, 1.82) is 0 Å². The Balaban J connectivity index is 1.79. The van der Waals surface area contributed by atoms with E-state index in [1.165, 1.54) is 6.07 Å². The first-order chi connectivity index (χ1) is 11.6. The van der Waals surface area contributed by atoms with Gasteiger partial charge in [-0.25, -0.2) is 4.79 Å². The lowest BCUT2D eigenvalue weighted by Gasteiger charge is -2.18. The van der Waals surface area contributed by atoms with E-state index in [0.29, 0.717) is 25.1 Å². The van der Waals surface area contributed by atoms with Crippen LogP contribution in [0.5, 0.6) is 5.75 Å². The molecule has 24 heavy (non-hydrogen) atoms. The molecule has 2 aromatic carbocycles. The van der Waals surface area contributed by atoms with Crippen LogP contribution in [0.3, 0.4) is 0 Å². The Kier molecular flexibility index (Phi) is 6.37. The van der Waals surface area contributed by atoms with Crippen LogP contribution in [0.25, 0.3) is 0 Å². The smallest absolute Gasteiger partial charge is 0.335 e. The molecule has 0 heterocycles. The molecule has 5 heteroatoms. The van der Waals surface area contributed by atoms with Crippen molar-refractivity contribution in [3.05, 3.63) is 65.7 Å². The fourth-order valence-corrected chi connectivity index (χ4v) is 2.31. The summed E-state index contributed by atoms with van der Waals surface area (Å²) in [6.45, 7) is 1.08. The number of nitrogens with zero attached hydrogens (tertiary/aromatic N) is 1. The zero-order valence-electron chi connectivity index (χ0n) is 13.6. The van der Waals surface area contributed by atoms with E-state index in [1.807, 2.05) is 30.3 Å². The van der Waals surface area contributed by atoms with E-state index in [9.17, 15) is 9.59 Å². The lowest BCUT2D eigenvalue weighted by Crippen LogP contribution is -2.30. The summed E-state index contributed by atoms with van der Waals surface area (Å²) < 4.78 is 5.59. The van der Waals surface area contributed by atoms with Crippen molar-refractivity contribution in [3.63, 3.8) is 0 Å². The van der Waals surface area contributed by atoms with E-state index in [2.05, 4.69) is 0 Å². The van der Waals surface area contributed by atoms with Crippen LogP contribution < -0.4 is 4.74 Å². The molecule has 2 aromatic rings. The van der Waals surface area contributed by atoms with Gasteiger partial charge in [0.2, 0.25) is 5.91 Å². The molecular formula is C19H21NO4. The molecule has 0 saturated heterocycles. The predicted octanol–water partition coefficient (Wildman–Crippen LogP) is 2.85. The molecule has 0 aliphatic carbocycles. The lowest BCUT2D eigenvalue weighted by molar-refractivity contribution is -0.129. The van der Waals surface area contributed by atoms with Crippen LogP contribution in [0.2, 0.25) is 0 Å². The number of aromatic carboxylic acids is 1. The number of benzene rings is 2. The predicted molar refractivity (Wildman–Crippen MR) is 91.3 cm³/mol. The summed E-state index contributed by atoms with van der Waals surface area (Å²) in [5.74, 6) is -0.317. The molecule has 0 fully saturated rings. The minimum atomic E-state index is -1.02. The number of hydrogen-bond acceptors (Lipinski definition) is 3. The summed E-state index contributed by atoms with van der Waals surface area (Å²) >= 11 is 0.